The third-order valence-corrected chi connectivity index (χ3v) is 4.94. The number of nitrogens with zero attached hydrogens (tertiary/aromatic N) is 2. The number of carbonyl (C=O) groups is 1. The van der Waals surface area contributed by atoms with Crippen LogP contribution in [0.3, 0.4) is 0 Å². The monoisotopic (exact) mass is 388 g/mol. The molecule has 1 fully saturated rings. The molecule has 1 aliphatic heterocycles. The molecule has 2 aromatic carbocycles. The average molecular weight is 389 g/mol. The summed E-state index contributed by atoms with van der Waals surface area (Å²) in [6.45, 7) is 5.77. The molecule has 144 valence electrons. The Hall–Kier alpha value is -2.24. The maximum Gasteiger partial charge on any atom is 0.263 e. The van der Waals surface area contributed by atoms with Gasteiger partial charge in [0.2, 0.25) is 0 Å². The van der Waals surface area contributed by atoms with Crippen molar-refractivity contribution in [3.63, 3.8) is 0 Å². The summed E-state index contributed by atoms with van der Waals surface area (Å²) in [5.74, 6) is 1.49. The van der Waals surface area contributed by atoms with E-state index in [1.54, 1.807) is 26.2 Å². The van der Waals surface area contributed by atoms with Crippen molar-refractivity contribution < 1.29 is 14.3 Å². The second kappa shape index (κ2) is 9.11. The minimum absolute atomic E-state index is 0.0130. The van der Waals surface area contributed by atoms with E-state index in [9.17, 15) is 4.79 Å². The first-order valence-corrected chi connectivity index (χ1v) is 9.49. The molecule has 0 aliphatic carbocycles. The van der Waals surface area contributed by atoms with E-state index in [0.717, 1.165) is 25.4 Å². The molecule has 0 spiro atoms. The van der Waals surface area contributed by atoms with Gasteiger partial charge in [0, 0.05) is 37.7 Å². The van der Waals surface area contributed by atoms with Gasteiger partial charge in [-0.2, -0.15) is 0 Å². The first-order valence-electron chi connectivity index (χ1n) is 9.11. The molecule has 0 radical (unpaired) electrons. The summed E-state index contributed by atoms with van der Waals surface area (Å²) in [6.07, 6.45) is -0.531. The number of hydrogen-bond donors (Lipinski definition) is 0. The van der Waals surface area contributed by atoms with Crippen molar-refractivity contribution in [1.82, 2.24) is 9.80 Å². The van der Waals surface area contributed by atoms with Gasteiger partial charge in [0.05, 0.1) is 7.11 Å². The number of carbonyl (C=O) groups excluding carboxylic acids is 1. The van der Waals surface area contributed by atoms with Crippen LogP contribution in [0, 0.1) is 0 Å². The predicted octanol–water partition coefficient (Wildman–Crippen LogP) is 3.46. The summed E-state index contributed by atoms with van der Waals surface area (Å²) in [7, 11) is 1.67. The minimum atomic E-state index is -0.531. The molecule has 1 aliphatic rings. The van der Waals surface area contributed by atoms with Gasteiger partial charge in [-0.05, 0) is 42.8 Å². The van der Waals surface area contributed by atoms with Gasteiger partial charge in [-0.15, -0.1) is 0 Å². The minimum Gasteiger partial charge on any atom is -0.497 e. The lowest BCUT2D eigenvalue weighted by atomic mass is 10.2. The average Bonchev–Trinajstić information content (AvgIpc) is 2.68. The number of halogens is 1. The van der Waals surface area contributed by atoms with E-state index in [4.69, 9.17) is 21.1 Å². The highest BCUT2D eigenvalue weighted by Crippen LogP contribution is 2.19. The van der Waals surface area contributed by atoms with Crippen LogP contribution in [0.15, 0.2) is 48.5 Å². The third-order valence-electron chi connectivity index (χ3n) is 4.71. The van der Waals surface area contributed by atoms with Crippen molar-refractivity contribution in [3.8, 4) is 11.5 Å². The van der Waals surface area contributed by atoms with Crippen LogP contribution in [0.5, 0.6) is 11.5 Å². The van der Waals surface area contributed by atoms with Crippen molar-refractivity contribution in [2.45, 2.75) is 19.6 Å². The van der Waals surface area contributed by atoms with Gasteiger partial charge in [0.25, 0.3) is 5.91 Å². The normalized spacial score (nSPS) is 16.0. The van der Waals surface area contributed by atoms with Crippen LogP contribution in [0.2, 0.25) is 5.02 Å². The van der Waals surface area contributed by atoms with E-state index in [1.807, 2.05) is 29.2 Å². The molecule has 1 heterocycles. The Morgan fingerprint density at radius 3 is 2.41 bits per heavy atom. The summed E-state index contributed by atoms with van der Waals surface area (Å²) in [4.78, 5) is 16.9. The molecule has 1 atom stereocenters. The van der Waals surface area contributed by atoms with Crippen LogP contribution >= 0.6 is 11.6 Å². The second-order valence-corrected chi connectivity index (χ2v) is 7.10. The second-order valence-electron chi connectivity index (χ2n) is 6.67. The molecule has 0 N–H and O–H groups in total. The summed E-state index contributed by atoms with van der Waals surface area (Å²) < 4.78 is 10.9. The van der Waals surface area contributed by atoms with Crippen LogP contribution in [0.25, 0.3) is 0 Å². The van der Waals surface area contributed by atoms with Crippen molar-refractivity contribution in [3.05, 3.63) is 59.1 Å². The predicted molar refractivity (Wildman–Crippen MR) is 106 cm³/mol. The molecule has 0 aromatic heterocycles. The fraction of sp³-hybridized carbons (Fsp3) is 0.381. The Balaban J connectivity index is 1.48. The Kier molecular flexibility index (Phi) is 6.58. The quantitative estimate of drug-likeness (QED) is 0.760. The number of piperazine rings is 1. The first kappa shape index (κ1) is 19.5. The number of rotatable bonds is 6. The fourth-order valence-electron chi connectivity index (χ4n) is 3.17. The number of ether oxygens (including phenoxy) is 2. The molecule has 6 heteroatoms. The fourth-order valence-corrected chi connectivity index (χ4v) is 3.35. The standard InChI is InChI=1S/C21H25ClN2O3/c1-16(27-20-5-3-4-18(22)14-20)21(25)24-12-10-23(11-13-24)15-17-6-8-19(26-2)9-7-17/h3-9,14,16H,10-13,15H2,1-2H3. The first-order chi connectivity index (χ1) is 13.0. The maximum atomic E-state index is 12.7. The Morgan fingerprint density at radius 2 is 1.78 bits per heavy atom. The van der Waals surface area contributed by atoms with Gasteiger partial charge in [0.15, 0.2) is 6.10 Å². The topological polar surface area (TPSA) is 42.0 Å². The summed E-state index contributed by atoms with van der Waals surface area (Å²) in [5, 5.41) is 0.597. The third kappa shape index (κ3) is 5.37. The van der Waals surface area contributed by atoms with Gasteiger partial charge >= 0.3 is 0 Å². The molecular formula is C21H25ClN2O3. The van der Waals surface area contributed by atoms with Gasteiger partial charge in [-0.1, -0.05) is 29.8 Å². The van der Waals surface area contributed by atoms with Gasteiger partial charge in [0.1, 0.15) is 11.5 Å². The van der Waals surface area contributed by atoms with Crippen LogP contribution in [-0.4, -0.2) is 55.1 Å². The number of benzene rings is 2. The highest BCUT2D eigenvalue weighted by atomic mass is 35.5. The molecule has 27 heavy (non-hydrogen) atoms. The van der Waals surface area contributed by atoms with Crippen LogP contribution < -0.4 is 9.47 Å². The molecule has 3 rings (SSSR count). The lowest BCUT2D eigenvalue weighted by molar-refractivity contribution is -0.139. The van der Waals surface area contributed by atoms with Gasteiger partial charge in [-0.3, -0.25) is 9.69 Å². The summed E-state index contributed by atoms with van der Waals surface area (Å²) in [5.41, 5.74) is 1.24. The number of hydrogen-bond acceptors (Lipinski definition) is 4. The number of methoxy groups -OCH3 is 1. The summed E-state index contributed by atoms with van der Waals surface area (Å²) in [6, 6.07) is 15.2. The smallest absolute Gasteiger partial charge is 0.263 e. The van der Waals surface area contributed by atoms with Crippen LogP contribution in [0.4, 0.5) is 0 Å². The van der Waals surface area contributed by atoms with Gasteiger partial charge in [-0.25, -0.2) is 0 Å². The van der Waals surface area contributed by atoms with Crippen molar-refractivity contribution in [2.24, 2.45) is 0 Å². The van der Waals surface area contributed by atoms with E-state index < -0.39 is 6.10 Å². The van der Waals surface area contributed by atoms with E-state index in [2.05, 4.69) is 17.0 Å². The molecule has 1 saturated heterocycles. The SMILES string of the molecule is COc1ccc(CN2CCN(C(=O)C(C)Oc3cccc(Cl)c3)CC2)cc1. The van der Waals surface area contributed by atoms with Gasteiger partial charge < -0.3 is 14.4 Å². The lowest BCUT2D eigenvalue weighted by Gasteiger charge is -2.35. The van der Waals surface area contributed by atoms with Crippen molar-refractivity contribution >= 4 is 17.5 Å². The summed E-state index contributed by atoms with van der Waals surface area (Å²) >= 11 is 5.97. The molecule has 5 nitrogen and oxygen atoms in total. The van der Waals surface area contributed by atoms with Crippen LogP contribution in [-0.2, 0) is 11.3 Å². The molecule has 1 unspecified atom stereocenters. The van der Waals surface area contributed by atoms with E-state index >= 15 is 0 Å². The molecule has 2 aromatic rings. The van der Waals surface area contributed by atoms with E-state index in [0.29, 0.717) is 23.9 Å². The highest BCUT2D eigenvalue weighted by molar-refractivity contribution is 6.30. The molecular weight excluding hydrogens is 364 g/mol. The van der Waals surface area contributed by atoms with Crippen LogP contribution in [0.1, 0.15) is 12.5 Å². The van der Waals surface area contributed by atoms with Crippen molar-refractivity contribution in [1.29, 1.82) is 0 Å². The zero-order valence-electron chi connectivity index (χ0n) is 15.7. The van der Waals surface area contributed by atoms with E-state index in [1.165, 1.54) is 5.56 Å². The molecule has 1 amide bonds. The molecule has 0 bridgehead atoms. The van der Waals surface area contributed by atoms with Crippen molar-refractivity contribution in [2.75, 3.05) is 33.3 Å². The highest BCUT2D eigenvalue weighted by Gasteiger charge is 2.26. The largest absolute Gasteiger partial charge is 0.497 e. The molecule has 0 saturated carbocycles. The maximum absolute atomic E-state index is 12.7. The zero-order valence-corrected chi connectivity index (χ0v) is 16.5. The number of amides is 1. The van der Waals surface area contributed by atoms with E-state index in [-0.39, 0.29) is 5.91 Å². The Morgan fingerprint density at radius 1 is 1.07 bits per heavy atom. The Bertz CT molecular complexity index is 758. The Labute approximate surface area is 165 Å². The lowest BCUT2D eigenvalue weighted by Crippen LogP contribution is -2.51. The zero-order chi connectivity index (χ0) is 19.2.